The number of halogens is 1. The molecular weight excluding hydrogens is 266 g/mol. The summed E-state index contributed by atoms with van der Waals surface area (Å²) in [5.41, 5.74) is 6.47. The number of nitrogen functional groups attached to an aromatic ring is 1. The van der Waals surface area contributed by atoms with Crippen LogP contribution in [0, 0.1) is 5.92 Å². The summed E-state index contributed by atoms with van der Waals surface area (Å²) < 4.78 is 5.70. The molecule has 1 saturated heterocycles. The predicted octanol–water partition coefficient (Wildman–Crippen LogP) is 1.61. The summed E-state index contributed by atoms with van der Waals surface area (Å²) in [6.07, 6.45) is 4.80. The molecule has 1 amide bonds. The van der Waals surface area contributed by atoms with E-state index in [1.807, 2.05) is 0 Å². The molecule has 1 aromatic rings. The van der Waals surface area contributed by atoms with Crippen LogP contribution in [0.15, 0.2) is 12.3 Å². The average Bonchev–Trinajstić information content (AvgIpc) is 3.13. The Bertz CT molecular complexity index is 505. The van der Waals surface area contributed by atoms with Crippen LogP contribution in [0.4, 0.5) is 5.69 Å². The first kappa shape index (κ1) is 12.7. The van der Waals surface area contributed by atoms with E-state index in [0.717, 1.165) is 6.42 Å². The molecule has 2 heterocycles. The zero-order chi connectivity index (χ0) is 13.4. The molecular formula is C13H16ClN3O2. The molecule has 3 N–H and O–H groups in total. The Labute approximate surface area is 116 Å². The molecule has 0 radical (unpaired) electrons. The van der Waals surface area contributed by atoms with Crippen molar-refractivity contribution in [2.75, 3.05) is 12.3 Å². The van der Waals surface area contributed by atoms with Crippen LogP contribution in [0.3, 0.4) is 0 Å². The molecule has 2 aliphatic rings. The summed E-state index contributed by atoms with van der Waals surface area (Å²) in [6.45, 7) is 0.707. The Kier molecular flexibility index (Phi) is 3.33. The first-order valence-corrected chi connectivity index (χ1v) is 6.86. The highest BCUT2D eigenvalue weighted by Gasteiger charge is 2.41. The quantitative estimate of drug-likeness (QED) is 0.825. The van der Waals surface area contributed by atoms with Gasteiger partial charge in [0.05, 0.1) is 29.6 Å². The lowest BCUT2D eigenvalue weighted by atomic mass is 10.1. The molecule has 3 rings (SSSR count). The minimum Gasteiger partial charge on any atom is -0.397 e. The van der Waals surface area contributed by atoms with Crippen LogP contribution in [0.2, 0.25) is 5.15 Å². The second-order valence-corrected chi connectivity index (χ2v) is 5.52. The van der Waals surface area contributed by atoms with Gasteiger partial charge in [0.15, 0.2) is 0 Å². The first-order chi connectivity index (χ1) is 9.15. The molecule has 1 aliphatic heterocycles. The van der Waals surface area contributed by atoms with Crippen molar-refractivity contribution in [1.82, 2.24) is 10.3 Å². The third kappa shape index (κ3) is 2.67. The molecule has 1 aromatic heterocycles. The smallest absolute Gasteiger partial charge is 0.253 e. The van der Waals surface area contributed by atoms with Gasteiger partial charge in [-0.3, -0.25) is 4.79 Å². The summed E-state index contributed by atoms with van der Waals surface area (Å²) in [5.74, 6) is 0.397. The van der Waals surface area contributed by atoms with Crippen molar-refractivity contribution in [2.45, 2.75) is 31.4 Å². The highest BCUT2D eigenvalue weighted by molar-refractivity contribution is 6.29. The minimum absolute atomic E-state index is 0.0753. The molecule has 5 nitrogen and oxygen atoms in total. The number of nitrogens with one attached hydrogen (secondary N) is 1. The number of pyridine rings is 1. The van der Waals surface area contributed by atoms with Gasteiger partial charge in [0.25, 0.3) is 5.91 Å². The number of hydrogen-bond donors (Lipinski definition) is 2. The zero-order valence-electron chi connectivity index (χ0n) is 10.4. The number of hydrogen-bond acceptors (Lipinski definition) is 4. The van der Waals surface area contributed by atoms with Gasteiger partial charge in [0, 0.05) is 6.61 Å². The van der Waals surface area contributed by atoms with Gasteiger partial charge in [-0.2, -0.15) is 0 Å². The molecule has 0 bridgehead atoms. The first-order valence-electron chi connectivity index (χ1n) is 6.48. The minimum atomic E-state index is -0.206. The molecule has 6 heteroatoms. The number of ether oxygens (including phenoxy) is 1. The lowest BCUT2D eigenvalue weighted by molar-refractivity contribution is 0.0730. The lowest BCUT2D eigenvalue weighted by Crippen LogP contribution is -2.41. The van der Waals surface area contributed by atoms with Gasteiger partial charge >= 0.3 is 0 Å². The Morgan fingerprint density at radius 1 is 1.47 bits per heavy atom. The van der Waals surface area contributed by atoms with E-state index in [9.17, 15) is 4.79 Å². The van der Waals surface area contributed by atoms with Gasteiger partial charge in [-0.1, -0.05) is 11.6 Å². The molecule has 2 atom stereocenters. The molecule has 1 aliphatic carbocycles. The largest absolute Gasteiger partial charge is 0.397 e. The summed E-state index contributed by atoms with van der Waals surface area (Å²) in [4.78, 5) is 16.1. The predicted molar refractivity (Wildman–Crippen MR) is 72.0 cm³/mol. The maximum atomic E-state index is 12.2. The van der Waals surface area contributed by atoms with E-state index < -0.39 is 0 Å². The van der Waals surface area contributed by atoms with E-state index in [-0.39, 0.29) is 23.2 Å². The van der Waals surface area contributed by atoms with Crippen molar-refractivity contribution in [2.24, 2.45) is 5.92 Å². The fourth-order valence-electron chi connectivity index (χ4n) is 2.54. The van der Waals surface area contributed by atoms with Crippen molar-refractivity contribution in [3.05, 3.63) is 23.0 Å². The maximum absolute atomic E-state index is 12.2. The van der Waals surface area contributed by atoms with Gasteiger partial charge in [-0.25, -0.2) is 4.98 Å². The Balaban J connectivity index is 1.72. The Morgan fingerprint density at radius 2 is 2.26 bits per heavy atom. The number of anilines is 1. The van der Waals surface area contributed by atoms with E-state index in [2.05, 4.69) is 10.3 Å². The van der Waals surface area contributed by atoms with E-state index >= 15 is 0 Å². The number of aromatic nitrogens is 1. The highest BCUT2D eigenvalue weighted by Crippen LogP contribution is 2.38. The normalized spacial score (nSPS) is 26.4. The standard InChI is InChI=1S/C13H16ClN3O2/c14-11-5-8(9(15)6-16-11)13(18)17-10-3-4-19-12(10)7-1-2-7/h5-7,10,12H,1-4,15H2,(H,17,18). The lowest BCUT2D eigenvalue weighted by Gasteiger charge is -2.19. The monoisotopic (exact) mass is 281 g/mol. The molecule has 0 aromatic carbocycles. The van der Waals surface area contributed by atoms with Crippen molar-refractivity contribution in [1.29, 1.82) is 0 Å². The van der Waals surface area contributed by atoms with Crippen LogP contribution in [-0.4, -0.2) is 29.6 Å². The topological polar surface area (TPSA) is 77.2 Å². The van der Waals surface area contributed by atoms with Gasteiger partial charge in [0.1, 0.15) is 5.15 Å². The van der Waals surface area contributed by atoms with Crippen LogP contribution >= 0.6 is 11.6 Å². The molecule has 0 spiro atoms. The van der Waals surface area contributed by atoms with Crippen LogP contribution in [0.1, 0.15) is 29.6 Å². The molecule has 19 heavy (non-hydrogen) atoms. The summed E-state index contributed by atoms with van der Waals surface area (Å²) >= 11 is 5.80. The second kappa shape index (κ2) is 4.98. The number of carbonyl (C=O) groups excluding carboxylic acids is 1. The van der Waals surface area contributed by atoms with Crippen LogP contribution < -0.4 is 11.1 Å². The van der Waals surface area contributed by atoms with E-state index in [4.69, 9.17) is 22.1 Å². The third-order valence-electron chi connectivity index (χ3n) is 3.68. The number of carbonyl (C=O) groups is 1. The van der Waals surface area contributed by atoms with Crippen molar-refractivity contribution in [3.63, 3.8) is 0 Å². The molecule has 1 saturated carbocycles. The van der Waals surface area contributed by atoms with Gasteiger partial charge in [-0.15, -0.1) is 0 Å². The molecule has 2 unspecified atom stereocenters. The Hall–Kier alpha value is -1.33. The summed E-state index contributed by atoms with van der Waals surface area (Å²) in [7, 11) is 0. The number of amides is 1. The van der Waals surface area contributed by atoms with Crippen molar-refractivity contribution < 1.29 is 9.53 Å². The summed E-state index contributed by atoms with van der Waals surface area (Å²) in [5, 5.41) is 3.27. The molecule has 102 valence electrons. The van der Waals surface area contributed by atoms with Gasteiger partial charge in [0.2, 0.25) is 0 Å². The SMILES string of the molecule is Nc1cnc(Cl)cc1C(=O)NC1CCOC1C1CC1. The zero-order valence-corrected chi connectivity index (χ0v) is 11.2. The highest BCUT2D eigenvalue weighted by atomic mass is 35.5. The fraction of sp³-hybridized carbons (Fsp3) is 0.538. The third-order valence-corrected chi connectivity index (χ3v) is 3.89. The van der Waals surface area contributed by atoms with E-state index in [0.29, 0.717) is 23.8 Å². The average molecular weight is 282 g/mol. The van der Waals surface area contributed by atoms with E-state index in [1.165, 1.54) is 25.1 Å². The number of nitrogens with two attached hydrogens (primary N) is 1. The van der Waals surface area contributed by atoms with Crippen molar-refractivity contribution in [3.8, 4) is 0 Å². The van der Waals surface area contributed by atoms with Crippen LogP contribution in [-0.2, 0) is 4.74 Å². The fourth-order valence-corrected chi connectivity index (χ4v) is 2.70. The van der Waals surface area contributed by atoms with Gasteiger partial charge in [-0.05, 0) is 31.2 Å². The van der Waals surface area contributed by atoms with Gasteiger partial charge < -0.3 is 15.8 Å². The Morgan fingerprint density at radius 3 is 3.00 bits per heavy atom. The number of nitrogens with zero attached hydrogens (tertiary/aromatic N) is 1. The number of rotatable bonds is 3. The second-order valence-electron chi connectivity index (χ2n) is 5.14. The van der Waals surface area contributed by atoms with Crippen LogP contribution in [0.25, 0.3) is 0 Å². The summed E-state index contributed by atoms with van der Waals surface area (Å²) in [6, 6.07) is 1.57. The van der Waals surface area contributed by atoms with Crippen LogP contribution in [0.5, 0.6) is 0 Å². The van der Waals surface area contributed by atoms with E-state index in [1.54, 1.807) is 0 Å². The van der Waals surface area contributed by atoms with Crippen molar-refractivity contribution >= 4 is 23.2 Å². The maximum Gasteiger partial charge on any atom is 0.253 e. The molecule has 2 fully saturated rings.